The second-order valence-corrected chi connectivity index (χ2v) is 2.26. The Morgan fingerprint density at radius 1 is 1.27 bits per heavy atom. The summed E-state index contributed by atoms with van der Waals surface area (Å²) in [5.41, 5.74) is 0.596. The molecule has 0 amide bonds. The zero-order chi connectivity index (χ0) is 7.68. The summed E-state index contributed by atoms with van der Waals surface area (Å²) < 4.78 is 0. The molecule has 1 aromatic carbocycles. The van der Waals surface area contributed by atoms with Crippen LogP contribution < -0.4 is 4.89 Å². The molecular formula is C8H6O3. The van der Waals surface area contributed by atoms with Crippen molar-refractivity contribution in [2.24, 2.45) is 0 Å². The molecule has 0 aromatic heterocycles. The number of ketones is 1. The highest BCUT2D eigenvalue weighted by atomic mass is 17.2. The molecule has 0 aliphatic carbocycles. The molecule has 0 N–H and O–H groups in total. The molecular weight excluding hydrogens is 144 g/mol. The van der Waals surface area contributed by atoms with Gasteiger partial charge in [-0.25, -0.2) is 0 Å². The fourth-order valence-electron chi connectivity index (χ4n) is 0.994. The predicted molar refractivity (Wildman–Crippen MR) is 37.4 cm³/mol. The lowest BCUT2D eigenvalue weighted by Gasteiger charge is -2.13. The summed E-state index contributed by atoms with van der Waals surface area (Å²) >= 11 is 0. The molecule has 0 bridgehead atoms. The van der Waals surface area contributed by atoms with E-state index in [1.54, 1.807) is 24.3 Å². The zero-order valence-electron chi connectivity index (χ0n) is 5.74. The van der Waals surface area contributed by atoms with Gasteiger partial charge in [0.25, 0.3) is 0 Å². The van der Waals surface area contributed by atoms with Crippen LogP contribution in [0.3, 0.4) is 0 Å². The molecule has 1 heterocycles. The van der Waals surface area contributed by atoms with Crippen LogP contribution in [0.15, 0.2) is 24.3 Å². The minimum absolute atomic E-state index is 0.0109. The van der Waals surface area contributed by atoms with Crippen molar-refractivity contribution < 1.29 is 14.6 Å². The van der Waals surface area contributed by atoms with Crippen LogP contribution in [0.2, 0.25) is 0 Å². The fourth-order valence-corrected chi connectivity index (χ4v) is 0.994. The van der Waals surface area contributed by atoms with Gasteiger partial charge >= 0.3 is 0 Å². The van der Waals surface area contributed by atoms with Crippen molar-refractivity contribution in [2.45, 2.75) is 0 Å². The van der Waals surface area contributed by atoms with Crippen LogP contribution >= 0.6 is 0 Å². The largest absolute Gasteiger partial charge is 0.336 e. The average Bonchev–Trinajstić information content (AvgIpc) is 2.06. The molecule has 0 unspecified atom stereocenters. The van der Waals surface area contributed by atoms with Crippen LogP contribution in [0.5, 0.6) is 5.75 Å². The van der Waals surface area contributed by atoms with Crippen LogP contribution in [-0.2, 0) is 4.89 Å². The third-order valence-electron chi connectivity index (χ3n) is 1.53. The second kappa shape index (κ2) is 2.36. The molecule has 0 spiro atoms. The lowest BCUT2D eigenvalue weighted by atomic mass is 10.1. The molecule has 0 saturated carbocycles. The minimum Gasteiger partial charge on any atom is -0.336 e. The van der Waals surface area contributed by atoms with Crippen molar-refractivity contribution >= 4 is 5.78 Å². The van der Waals surface area contributed by atoms with Crippen molar-refractivity contribution in [2.75, 3.05) is 6.61 Å². The maximum atomic E-state index is 11.1. The Morgan fingerprint density at radius 3 is 2.91 bits per heavy atom. The van der Waals surface area contributed by atoms with Gasteiger partial charge in [-0.15, -0.1) is 0 Å². The van der Waals surface area contributed by atoms with Gasteiger partial charge in [-0.2, -0.15) is 4.89 Å². The zero-order valence-corrected chi connectivity index (χ0v) is 5.74. The summed E-state index contributed by atoms with van der Waals surface area (Å²) in [6, 6.07) is 7.01. The Balaban J connectivity index is 2.52. The van der Waals surface area contributed by atoms with E-state index in [0.717, 1.165) is 0 Å². The molecule has 0 radical (unpaired) electrons. The molecule has 2 rings (SSSR count). The highest BCUT2D eigenvalue weighted by Crippen LogP contribution is 2.21. The molecule has 3 heteroatoms. The van der Waals surface area contributed by atoms with Crippen LogP contribution in [0.4, 0.5) is 0 Å². The van der Waals surface area contributed by atoms with Crippen molar-refractivity contribution in [3.63, 3.8) is 0 Å². The standard InChI is InChI=1S/C8H6O3/c9-7-5-10-11-8-4-2-1-3-6(7)8/h1-4H,5H2. The van der Waals surface area contributed by atoms with Gasteiger partial charge in [0.1, 0.15) is 0 Å². The number of para-hydroxylation sites is 1. The van der Waals surface area contributed by atoms with E-state index >= 15 is 0 Å². The Labute approximate surface area is 63.5 Å². The lowest BCUT2D eigenvalue weighted by molar-refractivity contribution is -0.200. The smallest absolute Gasteiger partial charge is 0.196 e. The SMILES string of the molecule is O=C1COOc2ccccc21. The molecule has 56 valence electrons. The molecule has 11 heavy (non-hydrogen) atoms. The van der Waals surface area contributed by atoms with Crippen molar-refractivity contribution in [3.8, 4) is 5.75 Å². The molecule has 0 saturated heterocycles. The fraction of sp³-hybridized carbons (Fsp3) is 0.125. The Hall–Kier alpha value is -1.35. The first-order valence-corrected chi connectivity index (χ1v) is 3.29. The summed E-state index contributed by atoms with van der Waals surface area (Å²) in [5.74, 6) is 0.468. The maximum absolute atomic E-state index is 11.1. The van der Waals surface area contributed by atoms with E-state index in [1.807, 2.05) is 0 Å². The topological polar surface area (TPSA) is 35.5 Å². The maximum Gasteiger partial charge on any atom is 0.196 e. The van der Waals surface area contributed by atoms with Gasteiger partial charge in [0.15, 0.2) is 18.1 Å². The molecule has 0 atom stereocenters. The highest BCUT2D eigenvalue weighted by molar-refractivity contribution is 6.00. The normalized spacial score (nSPS) is 15.5. The van der Waals surface area contributed by atoms with Crippen molar-refractivity contribution in [3.05, 3.63) is 29.8 Å². The molecule has 1 aromatic rings. The molecule has 3 nitrogen and oxygen atoms in total. The van der Waals surface area contributed by atoms with E-state index in [1.165, 1.54) is 0 Å². The number of hydrogen-bond acceptors (Lipinski definition) is 3. The predicted octanol–water partition coefficient (Wildman–Crippen LogP) is 1.19. The monoisotopic (exact) mass is 150 g/mol. The summed E-state index contributed by atoms with van der Waals surface area (Å²) in [6.45, 7) is 0.0109. The van der Waals surface area contributed by atoms with Gasteiger partial charge < -0.3 is 4.89 Å². The van der Waals surface area contributed by atoms with Gasteiger partial charge in [0, 0.05) is 0 Å². The van der Waals surface area contributed by atoms with Crippen LogP contribution in [0.1, 0.15) is 10.4 Å². The molecule has 1 aliphatic rings. The average molecular weight is 150 g/mol. The van der Waals surface area contributed by atoms with E-state index in [-0.39, 0.29) is 12.4 Å². The summed E-state index contributed by atoms with van der Waals surface area (Å²) in [4.78, 5) is 20.4. The molecule has 1 aliphatic heterocycles. The number of rotatable bonds is 0. The molecule has 0 fully saturated rings. The number of hydrogen-bond donors (Lipinski definition) is 0. The third-order valence-corrected chi connectivity index (χ3v) is 1.53. The number of fused-ring (bicyclic) bond motifs is 1. The first-order valence-electron chi connectivity index (χ1n) is 3.29. The van der Waals surface area contributed by atoms with Gasteiger partial charge in [-0.1, -0.05) is 12.1 Å². The van der Waals surface area contributed by atoms with E-state index in [9.17, 15) is 4.79 Å². The number of carbonyl (C=O) groups excluding carboxylic acids is 1. The van der Waals surface area contributed by atoms with Crippen LogP contribution in [-0.4, -0.2) is 12.4 Å². The van der Waals surface area contributed by atoms with Crippen molar-refractivity contribution in [1.82, 2.24) is 0 Å². The first kappa shape index (κ1) is 6.37. The number of carbonyl (C=O) groups is 1. The first-order chi connectivity index (χ1) is 5.38. The quantitative estimate of drug-likeness (QED) is 0.521. The van der Waals surface area contributed by atoms with Crippen LogP contribution in [0.25, 0.3) is 0 Å². The third kappa shape index (κ3) is 0.991. The van der Waals surface area contributed by atoms with E-state index in [0.29, 0.717) is 11.3 Å². The van der Waals surface area contributed by atoms with E-state index < -0.39 is 0 Å². The number of Topliss-reactive ketones (excluding diaryl/α,β-unsaturated/α-hetero) is 1. The van der Waals surface area contributed by atoms with Gasteiger partial charge in [0.05, 0.1) is 5.56 Å². The Morgan fingerprint density at radius 2 is 2.09 bits per heavy atom. The Kier molecular flexibility index (Phi) is 1.36. The second-order valence-electron chi connectivity index (χ2n) is 2.26. The number of benzene rings is 1. The van der Waals surface area contributed by atoms with Crippen molar-refractivity contribution in [1.29, 1.82) is 0 Å². The van der Waals surface area contributed by atoms with Gasteiger partial charge in [-0.3, -0.25) is 4.79 Å². The van der Waals surface area contributed by atoms with Gasteiger partial charge in [-0.05, 0) is 12.1 Å². The van der Waals surface area contributed by atoms with E-state index in [2.05, 4.69) is 4.89 Å². The Bertz CT molecular complexity index is 293. The van der Waals surface area contributed by atoms with E-state index in [4.69, 9.17) is 4.89 Å². The van der Waals surface area contributed by atoms with Crippen LogP contribution in [0, 0.1) is 0 Å². The lowest BCUT2D eigenvalue weighted by Crippen LogP contribution is -2.18. The highest BCUT2D eigenvalue weighted by Gasteiger charge is 2.18. The van der Waals surface area contributed by atoms with Gasteiger partial charge in [0.2, 0.25) is 0 Å². The summed E-state index contributed by atoms with van der Waals surface area (Å²) in [7, 11) is 0. The summed E-state index contributed by atoms with van der Waals surface area (Å²) in [6.07, 6.45) is 0. The summed E-state index contributed by atoms with van der Waals surface area (Å²) in [5, 5.41) is 0. The minimum atomic E-state index is -0.0353.